The summed E-state index contributed by atoms with van der Waals surface area (Å²) in [6.45, 7) is 7.80. The fraction of sp³-hybridized carbons (Fsp3) is 0.300. The van der Waals surface area contributed by atoms with Crippen LogP contribution in [0.15, 0.2) is 30.3 Å². The highest BCUT2D eigenvalue weighted by Crippen LogP contribution is 2.32. The smallest absolute Gasteiger partial charge is 0.314 e. The molecule has 0 saturated heterocycles. The third kappa shape index (κ3) is 4.48. The largest absolute Gasteiger partial charge is 0.317 e. The molecule has 0 unspecified atom stereocenters. The minimum absolute atomic E-state index is 0.0886. The Kier molecular flexibility index (Phi) is 6.25. The number of halogens is 3. The minimum Gasteiger partial charge on any atom is -0.317 e. The van der Waals surface area contributed by atoms with E-state index in [4.69, 9.17) is 0 Å². The van der Waals surface area contributed by atoms with Crippen LogP contribution in [0.2, 0.25) is 0 Å². The van der Waals surface area contributed by atoms with Gasteiger partial charge in [0.05, 0.1) is 5.69 Å². The Bertz CT molecular complexity index is 854. The van der Waals surface area contributed by atoms with Gasteiger partial charge in [0.15, 0.2) is 17.5 Å². The molecule has 4 nitrogen and oxygen atoms in total. The number of carbonyl (C=O) groups excluding carboxylic acids is 2. The Morgan fingerprint density at radius 1 is 0.778 bits per heavy atom. The lowest BCUT2D eigenvalue weighted by Gasteiger charge is -2.20. The first kappa shape index (κ1) is 20.5. The van der Waals surface area contributed by atoms with Crippen LogP contribution in [0.3, 0.4) is 0 Å². The average Bonchev–Trinajstić information content (AvgIpc) is 2.61. The van der Waals surface area contributed by atoms with Crippen molar-refractivity contribution in [2.24, 2.45) is 0 Å². The molecule has 7 heteroatoms. The van der Waals surface area contributed by atoms with E-state index in [0.29, 0.717) is 11.8 Å². The maximum absolute atomic E-state index is 13.7. The summed E-state index contributed by atoms with van der Waals surface area (Å²) >= 11 is 0. The Labute approximate surface area is 155 Å². The van der Waals surface area contributed by atoms with Gasteiger partial charge in [0.1, 0.15) is 0 Å². The van der Waals surface area contributed by atoms with E-state index in [1.807, 2.05) is 51.2 Å². The van der Waals surface area contributed by atoms with E-state index in [9.17, 15) is 22.8 Å². The minimum atomic E-state index is -1.72. The molecule has 0 heterocycles. The van der Waals surface area contributed by atoms with Gasteiger partial charge in [-0.3, -0.25) is 9.59 Å². The molecule has 0 aliphatic heterocycles. The van der Waals surface area contributed by atoms with Crippen molar-refractivity contribution in [3.05, 3.63) is 58.9 Å². The van der Waals surface area contributed by atoms with Crippen molar-refractivity contribution >= 4 is 23.2 Å². The van der Waals surface area contributed by atoms with Crippen LogP contribution < -0.4 is 10.6 Å². The molecule has 2 aromatic rings. The lowest BCUT2D eigenvalue weighted by Crippen LogP contribution is -2.30. The summed E-state index contributed by atoms with van der Waals surface area (Å²) in [7, 11) is 0. The number of benzene rings is 2. The maximum atomic E-state index is 13.7. The van der Waals surface area contributed by atoms with Crippen LogP contribution in [-0.2, 0) is 9.59 Å². The number of para-hydroxylation sites is 1. The summed E-state index contributed by atoms with van der Waals surface area (Å²) in [6, 6.07) is 7.08. The van der Waals surface area contributed by atoms with Gasteiger partial charge in [-0.2, -0.15) is 0 Å². The fourth-order valence-electron chi connectivity index (χ4n) is 2.67. The Balaban J connectivity index is 2.27. The molecule has 2 aromatic carbocycles. The summed E-state index contributed by atoms with van der Waals surface area (Å²) < 4.78 is 39.9. The quantitative estimate of drug-likeness (QED) is 0.586. The molecular weight excluding hydrogens is 357 g/mol. The topological polar surface area (TPSA) is 58.2 Å². The van der Waals surface area contributed by atoms with Crippen LogP contribution in [-0.4, -0.2) is 11.8 Å². The number of rotatable bonds is 4. The standard InChI is InChI=1S/C20H21F3N2O2/c1-10(2)12-6-5-7-13(11(3)4)18(12)25-20(27)19(26)24-15-9-8-14(21)16(22)17(15)23/h5-11H,1-4H3,(H,24,26)(H,25,27). The van der Waals surface area contributed by atoms with Gasteiger partial charge in [-0.05, 0) is 35.1 Å². The van der Waals surface area contributed by atoms with Gasteiger partial charge in [-0.1, -0.05) is 45.9 Å². The molecule has 0 spiro atoms. The van der Waals surface area contributed by atoms with Gasteiger partial charge in [0.2, 0.25) is 0 Å². The number of hydrogen-bond acceptors (Lipinski definition) is 2. The van der Waals surface area contributed by atoms with Gasteiger partial charge >= 0.3 is 11.8 Å². The van der Waals surface area contributed by atoms with E-state index in [1.165, 1.54) is 0 Å². The van der Waals surface area contributed by atoms with E-state index >= 15 is 0 Å². The van der Waals surface area contributed by atoms with Crippen LogP contribution in [0.4, 0.5) is 24.5 Å². The molecule has 0 aliphatic carbocycles. The zero-order valence-electron chi connectivity index (χ0n) is 15.5. The molecule has 27 heavy (non-hydrogen) atoms. The average molecular weight is 378 g/mol. The van der Waals surface area contributed by atoms with Crippen molar-refractivity contribution < 1.29 is 22.8 Å². The summed E-state index contributed by atoms with van der Waals surface area (Å²) in [5.74, 6) is -6.72. The molecule has 2 amide bonds. The van der Waals surface area contributed by atoms with E-state index in [2.05, 4.69) is 5.32 Å². The molecule has 0 fully saturated rings. The molecule has 0 aromatic heterocycles. The normalized spacial score (nSPS) is 11.0. The molecule has 0 radical (unpaired) electrons. The van der Waals surface area contributed by atoms with Crippen LogP contribution in [0.5, 0.6) is 0 Å². The van der Waals surface area contributed by atoms with Crippen LogP contribution in [0.25, 0.3) is 0 Å². The second-order valence-corrected chi connectivity index (χ2v) is 6.75. The molecular formula is C20H21F3N2O2. The fourth-order valence-corrected chi connectivity index (χ4v) is 2.67. The maximum Gasteiger partial charge on any atom is 0.314 e. The van der Waals surface area contributed by atoms with E-state index < -0.39 is 35.0 Å². The van der Waals surface area contributed by atoms with Crippen LogP contribution >= 0.6 is 0 Å². The van der Waals surface area contributed by atoms with E-state index in [0.717, 1.165) is 17.2 Å². The second kappa shape index (κ2) is 8.24. The predicted octanol–water partition coefficient (Wildman–Crippen LogP) is 4.93. The number of nitrogens with one attached hydrogen (secondary N) is 2. The highest BCUT2D eigenvalue weighted by Gasteiger charge is 2.22. The number of amides is 2. The molecule has 0 saturated carbocycles. The van der Waals surface area contributed by atoms with Gasteiger partial charge in [-0.15, -0.1) is 0 Å². The molecule has 144 valence electrons. The van der Waals surface area contributed by atoms with Gasteiger partial charge in [0, 0.05) is 5.69 Å². The van der Waals surface area contributed by atoms with Gasteiger partial charge < -0.3 is 10.6 Å². The molecule has 0 bridgehead atoms. The van der Waals surface area contributed by atoms with Gasteiger partial charge in [0.25, 0.3) is 0 Å². The first-order valence-electron chi connectivity index (χ1n) is 8.52. The Morgan fingerprint density at radius 3 is 1.81 bits per heavy atom. The third-order valence-electron chi connectivity index (χ3n) is 4.10. The highest BCUT2D eigenvalue weighted by atomic mass is 19.2. The van der Waals surface area contributed by atoms with Crippen molar-refractivity contribution in [1.82, 2.24) is 0 Å². The Morgan fingerprint density at radius 2 is 1.30 bits per heavy atom. The molecule has 2 rings (SSSR count). The predicted molar refractivity (Wildman–Crippen MR) is 98.2 cm³/mol. The van der Waals surface area contributed by atoms with Gasteiger partial charge in [-0.25, -0.2) is 13.2 Å². The summed E-state index contributed by atoms with van der Waals surface area (Å²) in [5, 5.41) is 4.53. The van der Waals surface area contributed by atoms with Crippen molar-refractivity contribution in [1.29, 1.82) is 0 Å². The van der Waals surface area contributed by atoms with Crippen molar-refractivity contribution in [3.63, 3.8) is 0 Å². The van der Waals surface area contributed by atoms with Crippen molar-refractivity contribution in [3.8, 4) is 0 Å². The molecule has 0 atom stereocenters. The second-order valence-electron chi connectivity index (χ2n) is 6.75. The SMILES string of the molecule is CC(C)c1cccc(C(C)C)c1NC(=O)C(=O)Nc1ccc(F)c(F)c1F. The van der Waals surface area contributed by atoms with Crippen LogP contribution in [0, 0.1) is 17.5 Å². The molecule has 0 aliphatic rings. The zero-order valence-corrected chi connectivity index (χ0v) is 15.5. The van der Waals surface area contributed by atoms with Crippen molar-refractivity contribution in [2.75, 3.05) is 10.6 Å². The van der Waals surface area contributed by atoms with E-state index in [-0.39, 0.29) is 11.8 Å². The number of carbonyl (C=O) groups is 2. The number of anilines is 2. The summed E-state index contributed by atoms with van der Waals surface area (Å²) in [5.41, 5.74) is 1.60. The lowest BCUT2D eigenvalue weighted by molar-refractivity contribution is -0.133. The van der Waals surface area contributed by atoms with E-state index in [1.54, 1.807) is 0 Å². The Hall–Kier alpha value is -2.83. The first-order valence-corrected chi connectivity index (χ1v) is 8.52. The molecule has 2 N–H and O–H groups in total. The monoisotopic (exact) mass is 378 g/mol. The number of hydrogen-bond donors (Lipinski definition) is 2. The first-order chi connectivity index (χ1) is 12.6. The zero-order chi connectivity index (χ0) is 20.3. The van der Waals surface area contributed by atoms with Crippen LogP contribution in [0.1, 0.15) is 50.7 Å². The lowest BCUT2D eigenvalue weighted by atomic mass is 9.92. The van der Waals surface area contributed by atoms with Crippen molar-refractivity contribution in [2.45, 2.75) is 39.5 Å². The summed E-state index contributed by atoms with van der Waals surface area (Å²) in [4.78, 5) is 24.4. The summed E-state index contributed by atoms with van der Waals surface area (Å²) in [6.07, 6.45) is 0. The highest BCUT2D eigenvalue weighted by molar-refractivity contribution is 6.43. The third-order valence-corrected chi connectivity index (χ3v) is 4.10.